The van der Waals surface area contributed by atoms with Crippen LogP contribution in [-0.2, 0) is 27.0 Å². The second kappa shape index (κ2) is 8.72. The van der Waals surface area contributed by atoms with E-state index >= 15 is 0 Å². The van der Waals surface area contributed by atoms with Gasteiger partial charge in [0.2, 0.25) is 15.9 Å². The summed E-state index contributed by atoms with van der Waals surface area (Å²) >= 11 is 0. The molecule has 2 aromatic heterocycles. The summed E-state index contributed by atoms with van der Waals surface area (Å²) in [4.78, 5) is 23.1. The Morgan fingerprint density at radius 3 is 2.48 bits per heavy atom. The molecule has 0 radical (unpaired) electrons. The summed E-state index contributed by atoms with van der Waals surface area (Å²) in [5.41, 5.74) is 3.55. The van der Waals surface area contributed by atoms with Crippen LogP contribution in [-0.4, -0.2) is 69.3 Å². The van der Waals surface area contributed by atoms with Crippen molar-refractivity contribution in [2.45, 2.75) is 32.4 Å². The van der Waals surface area contributed by atoms with Gasteiger partial charge in [0.15, 0.2) is 0 Å². The van der Waals surface area contributed by atoms with Crippen molar-refractivity contribution in [2.75, 3.05) is 26.2 Å². The van der Waals surface area contributed by atoms with E-state index in [9.17, 15) is 13.2 Å². The Morgan fingerprint density at radius 1 is 1.06 bits per heavy atom. The lowest BCUT2D eigenvalue weighted by molar-refractivity contribution is -0.132. The smallest absolute Gasteiger partial charge is 0.252 e. The third kappa shape index (κ3) is 4.59. The third-order valence-electron chi connectivity index (χ3n) is 5.75. The van der Waals surface area contributed by atoms with Crippen LogP contribution in [0, 0.1) is 13.8 Å². The molecule has 0 unspecified atom stereocenters. The Balaban J connectivity index is 1.34. The monoisotopic (exact) mass is 442 g/mol. The van der Waals surface area contributed by atoms with E-state index in [2.05, 4.69) is 15.1 Å². The number of sulfonamides is 1. The molecule has 0 spiro atoms. The van der Waals surface area contributed by atoms with E-state index in [0.29, 0.717) is 44.8 Å². The van der Waals surface area contributed by atoms with Crippen LogP contribution in [0.15, 0.2) is 36.7 Å². The number of fused-ring (bicyclic) bond motifs is 1. The quantitative estimate of drug-likeness (QED) is 0.571. The highest BCUT2D eigenvalue weighted by Gasteiger charge is 2.29. The van der Waals surface area contributed by atoms with Gasteiger partial charge in [-0.15, -0.1) is 0 Å². The molecule has 1 aliphatic rings. The molecule has 10 heteroatoms. The van der Waals surface area contributed by atoms with E-state index in [-0.39, 0.29) is 11.7 Å². The first-order chi connectivity index (χ1) is 14.8. The first kappa shape index (κ1) is 21.4. The Kier molecular flexibility index (Phi) is 6.01. The molecule has 4 rings (SSSR count). The highest BCUT2D eigenvalue weighted by atomic mass is 32.2. The van der Waals surface area contributed by atoms with Crippen LogP contribution in [0.4, 0.5) is 0 Å². The topological polar surface area (TPSA) is 101 Å². The summed E-state index contributed by atoms with van der Waals surface area (Å²) in [5.74, 6) is 0.563. The average Bonchev–Trinajstić information content (AvgIpc) is 3.22. The van der Waals surface area contributed by atoms with Crippen molar-refractivity contribution in [3.05, 3.63) is 59.2 Å². The second-order valence-corrected chi connectivity index (χ2v) is 9.72. The molecule has 31 heavy (non-hydrogen) atoms. The summed E-state index contributed by atoms with van der Waals surface area (Å²) in [6.07, 6.45) is 2.38. The van der Waals surface area contributed by atoms with Gasteiger partial charge in [0, 0.05) is 44.0 Å². The molecule has 9 nitrogen and oxygen atoms in total. The number of carbonyl (C=O) groups excluding carboxylic acids is 1. The first-order valence-electron chi connectivity index (χ1n) is 10.3. The molecule has 3 aromatic rings. The summed E-state index contributed by atoms with van der Waals surface area (Å²) < 4.78 is 28.6. The molecular weight excluding hydrogens is 416 g/mol. The van der Waals surface area contributed by atoms with E-state index in [1.54, 1.807) is 9.42 Å². The van der Waals surface area contributed by atoms with Gasteiger partial charge in [-0.25, -0.2) is 17.9 Å². The van der Waals surface area contributed by atoms with Crippen molar-refractivity contribution in [2.24, 2.45) is 0 Å². The molecule has 0 saturated carbocycles. The maximum absolute atomic E-state index is 12.8. The SMILES string of the molecule is Cc1nc2ncnn2c(C)c1CCC(=O)N1CCN(S(=O)(=O)Cc2ccccc2)CC1. The van der Waals surface area contributed by atoms with Crippen LogP contribution in [0.3, 0.4) is 0 Å². The van der Waals surface area contributed by atoms with Crippen LogP contribution in [0.25, 0.3) is 5.78 Å². The fraction of sp³-hybridized carbons (Fsp3) is 0.429. The second-order valence-electron chi connectivity index (χ2n) is 7.75. The minimum Gasteiger partial charge on any atom is -0.340 e. The molecule has 1 aliphatic heterocycles. The maximum atomic E-state index is 12.8. The number of piperazine rings is 1. The summed E-state index contributed by atoms with van der Waals surface area (Å²) in [5, 5.41) is 4.18. The van der Waals surface area contributed by atoms with Crippen LogP contribution in [0.1, 0.15) is 28.9 Å². The average molecular weight is 443 g/mol. The molecule has 164 valence electrons. The number of aryl methyl sites for hydroxylation is 2. The van der Waals surface area contributed by atoms with E-state index in [4.69, 9.17) is 0 Å². The van der Waals surface area contributed by atoms with E-state index in [1.807, 2.05) is 44.2 Å². The van der Waals surface area contributed by atoms with Crippen molar-refractivity contribution in [3.8, 4) is 0 Å². The van der Waals surface area contributed by atoms with Gasteiger partial charge in [0.25, 0.3) is 5.78 Å². The normalized spacial score (nSPS) is 15.5. The van der Waals surface area contributed by atoms with Gasteiger partial charge in [-0.05, 0) is 31.4 Å². The number of benzene rings is 1. The molecule has 0 bridgehead atoms. The molecule has 0 aliphatic carbocycles. The van der Waals surface area contributed by atoms with Crippen molar-refractivity contribution in [1.29, 1.82) is 0 Å². The maximum Gasteiger partial charge on any atom is 0.252 e. The van der Waals surface area contributed by atoms with Gasteiger partial charge in [-0.2, -0.15) is 14.4 Å². The molecule has 1 aromatic carbocycles. The summed E-state index contributed by atoms with van der Waals surface area (Å²) in [6.45, 7) is 5.33. The van der Waals surface area contributed by atoms with Crippen molar-refractivity contribution in [3.63, 3.8) is 0 Å². The van der Waals surface area contributed by atoms with Crippen LogP contribution >= 0.6 is 0 Å². The number of nitrogens with zero attached hydrogens (tertiary/aromatic N) is 6. The Bertz CT molecular complexity index is 1180. The van der Waals surface area contributed by atoms with Gasteiger partial charge in [-0.1, -0.05) is 30.3 Å². The van der Waals surface area contributed by atoms with Crippen LogP contribution in [0.2, 0.25) is 0 Å². The van der Waals surface area contributed by atoms with Crippen molar-refractivity contribution in [1.82, 2.24) is 28.8 Å². The van der Waals surface area contributed by atoms with Gasteiger partial charge in [0.05, 0.1) is 5.75 Å². The minimum atomic E-state index is -3.40. The van der Waals surface area contributed by atoms with E-state index in [1.165, 1.54) is 10.6 Å². The van der Waals surface area contributed by atoms with E-state index in [0.717, 1.165) is 22.5 Å². The zero-order valence-electron chi connectivity index (χ0n) is 17.7. The highest BCUT2D eigenvalue weighted by Crippen LogP contribution is 2.17. The van der Waals surface area contributed by atoms with Crippen molar-refractivity contribution < 1.29 is 13.2 Å². The number of aromatic nitrogens is 4. The Labute approximate surface area is 181 Å². The highest BCUT2D eigenvalue weighted by molar-refractivity contribution is 7.88. The number of amides is 1. The Hall–Kier alpha value is -2.85. The fourth-order valence-electron chi connectivity index (χ4n) is 4.00. The third-order valence-corrected chi connectivity index (χ3v) is 7.60. The zero-order chi connectivity index (χ0) is 22.0. The predicted octanol–water partition coefficient (Wildman–Crippen LogP) is 1.35. The molecule has 1 saturated heterocycles. The number of carbonyl (C=O) groups is 1. The molecule has 1 amide bonds. The zero-order valence-corrected chi connectivity index (χ0v) is 18.5. The lowest BCUT2D eigenvalue weighted by atomic mass is 10.1. The molecule has 0 atom stereocenters. The van der Waals surface area contributed by atoms with Gasteiger partial charge in [0.1, 0.15) is 6.33 Å². The largest absolute Gasteiger partial charge is 0.340 e. The predicted molar refractivity (Wildman–Crippen MR) is 116 cm³/mol. The lowest BCUT2D eigenvalue weighted by Gasteiger charge is -2.34. The summed E-state index contributed by atoms with van der Waals surface area (Å²) in [6, 6.07) is 9.16. The van der Waals surface area contributed by atoms with Crippen LogP contribution < -0.4 is 0 Å². The molecule has 3 heterocycles. The molecule has 1 fully saturated rings. The number of hydrogen-bond donors (Lipinski definition) is 0. The van der Waals surface area contributed by atoms with Crippen molar-refractivity contribution >= 4 is 21.7 Å². The molecule has 0 N–H and O–H groups in total. The van der Waals surface area contributed by atoms with Crippen LogP contribution in [0.5, 0.6) is 0 Å². The van der Waals surface area contributed by atoms with Gasteiger partial charge < -0.3 is 4.90 Å². The fourth-order valence-corrected chi connectivity index (χ4v) is 5.51. The standard InChI is InChI=1S/C21H26N6O3S/c1-16-19(17(2)27-21(24-16)22-15-23-27)8-9-20(28)25-10-12-26(13-11-25)31(29,30)14-18-6-4-3-5-7-18/h3-7,15H,8-14H2,1-2H3. The number of hydrogen-bond acceptors (Lipinski definition) is 6. The molecular formula is C21H26N6O3S. The van der Waals surface area contributed by atoms with Gasteiger partial charge in [-0.3, -0.25) is 4.79 Å². The van der Waals surface area contributed by atoms with Gasteiger partial charge >= 0.3 is 0 Å². The lowest BCUT2D eigenvalue weighted by Crippen LogP contribution is -2.50. The first-order valence-corrected chi connectivity index (χ1v) is 11.9. The summed E-state index contributed by atoms with van der Waals surface area (Å²) in [7, 11) is -3.40. The number of rotatable bonds is 6. The Morgan fingerprint density at radius 2 is 1.77 bits per heavy atom. The van der Waals surface area contributed by atoms with E-state index < -0.39 is 10.0 Å². The minimum absolute atomic E-state index is 0.0158.